The molecule has 1 amide bonds. The van der Waals surface area contributed by atoms with Crippen LogP contribution in [0.5, 0.6) is 0 Å². The number of nitrogens with one attached hydrogen (secondary N) is 1. The van der Waals surface area contributed by atoms with Crippen LogP contribution >= 0.6 is 11.3 Å². The van der Waals surface area contributed by atoms with Gasteiger partial charge in [-0.15, -0.1) is 11.3 Å². The van der Waals surface area contributed by atoms with Crippen molar-refractivity contribution >= 4 is 17.2 Å². The third kappa shape index (κ3) is 3.97. The zero-order valence-corrected chi connectivity index (χ0v) is 13.7. The van der Waals surface area contributed by atoms with Gasteiger partial charge < -0.3 is 5.32 Å². The standard InChI is InChI=1S/C17H23N3OS/c21-17(18-9-5-11-20-12-6-10-19-20)16-13-14-7-3-1-2-4-8-15(14)22-16/h6,10,12-13H,1-5,7-9,11H2,(H,18,21). The maximum atomic E-state index is 12.3. The number of hydrogen-bond donors (Lipinski definition) is 1. The average Bonchev–Trinajstić information content (AvgIpc) is 3.13. The second-order valence-electron chi connectivity index (χ2n) is 5.85. The van der Waals surface area contributed by atoms with Crippen molar-refractivity contribution in [1.82, 2.24) is 15.1 Å². The molecule has 4 nitrogen and oxygen atoms in total. The number of thiophene rings is 1. The molecule has 2 aromatic heterocycles. The number of carbonyl (C=O) groups excluding carboxylic acids is 1. The summed E-state index contributed by atoms with van der Waals surface area (Å²) in [5.41, 5.74) is 1.41. The highest BCUT2D eigenvalue weighted by molar-refractivity contribution is 7.14. The number of carbonyl (C=O) groups is 1. The van der Waals surface area contributed by atoms with Crippen LogP contribution in [-0.4, -0.2) is 22.2 Å². The van der Waals surface area contributed by atoms with Gasteiger partial charge in [0.2, 0.25) is 0 Å². The van der Waals surface area contributed by atoms with Crippen LogP contribution in [0.3, 0.4) is 0 Å². The second kappa shape index (κ2) is 7.58. The highest BCUT2D eigenvalue weighted by atomic mass is 32.1. The molecule has 1 aliphatic carbocycles. The van der Waals surface area contributed by atoms with Crippen LogP contribution in [0.2, 0.25) is 0 Å². The molecule has 0 bridgehead atoms. The van der Waals surface area contributed by atoms with E-state index in [1.165, 1.54) is 36.1 Å². The first-order valence-electron chi connectivity index (χ1n) is 8.20. The first-order valence-corrected chi connectivity index (χ1v) is 9.02. The Bertz CT molecular complexity index is 578. The van der Waals surface area contributed by atoms with Gasteiger partial charge in [0.05, 0.1) is 4.88 Å². The molecule has 0 fully saturated rings. The fourth-order valence-electron chi connectivity index (χ4n) is 2.92. The largest absolute Gasteiger partial charge is 0.351 e. The summed E-state index contributed by atoms with van der Waals surface area (Å²) in [5.74, 6) is 0.0808. The number of aryl methyl sites for hydroxylation is 3. The predicted octanol–water partition coefficient (Wildman–Crippen LogP) is 3.42. The van der Waals surface area contributed by atoms with Gasteiger partial charge in [-0.05, 0) is 49.8 Å². The molecule has 0 saturated carbocycles. The summed E-state index contributed by atoms with van der Waals surface area (Å²) in [6.07, 6.45) is 12.1. The van der Waals surface area contributed by atoms with Crippen molar-refractivity contribution in [3.63, 3.8) is 0 Å². The lowest BCUT2D eigenvalue weighted by atomic mass is 10.00. The Morgan fingerprint density at radius 1 is 1.27 bits per heavy atom. The van der Waals surface area contributed by atoms with Crippen LogP contribution in [0.1, 0.15) is 52.2 Å². The molecule has 1 aliphatic rings. The van der Waals surface area contributed by atoms with Crippen molar-refractivity contribution < 1.29 is 4.79 Å². The van der Waals surface area contributed by atoms with Crippen molar-refractivity contribution in [1.29, 1.82) is 0 Å². The van der Waals surface area contributed by atoms with Crippen LogP contribution in [0.25, 0.3) is 0 Å². The third-order valence-electron chi connectivity index (χ3n) is 4.13. The minimum Gasteiger partial charge on any atom is -0.351 e. The van der Waals surface area contributed by atoms with Crippen LogP contribution in [0.4, 0.5) is 0 Å². The summed E-state index contributed by atoms with van der Waals surface area (Å²) >= 11 is 1.69. The summed E-state index contributed by atoms with van der Waals surface area (Å²) in [4.78, 5) is 14.6. The van der Waals surface area contributed by atoms with Crippen molar-refractivity contribution in [3.05, 3.63) is 39.8 Å². The van der Waals surface area contributed by atoms with E-state index < -0.39 is 0 Å². The van der Waals surface area contributed by atoms with E-state index in [9.17, 15) is 4.79 Å². The molecule has 0 saturated heterocycles. The van der Waals surface area contributed by atoms with Gasteiger partial charge in [0.1, 0.15) is 0 Å². The first-order chi connectivity index (χ1) is 10.8. The molecule has 2 aromatic rings. The molecule has 0 aromatic carbocycles. The van der Waals surface area contributed by atoms with Crippen LogP contribution in [-0.2, 0) is 19.4 Å². The number of fused-ring (bicyclic) bond motifs is 1. The summed E-state index contributed by atoms with van der Waals surface area (Å²) < 4.78 is 1.89. The summed E-state index contributed by atoms with van der Waals surface area (Å²) in [6.45, 7) is 1.54. The number of amides is 1. The Labute approximate surface area is 135 Å². The van der Waals surface area contributed by atoms with E-state index >= 15 is 0 Å². The lowest BCUT2D eigenvalue weighted by Gasteiger charge is -2.07. The molecule has 0 radical (unpaired) electrons. The Morgan fingerprint density at radius 2 is 2.14 bits per heavy atom. The maximum Gasteiger partial charge on any atom is 0.261 e. The molecular weight excluding hydrogens is 294 g/mol. The fraction of sp³-hybridized carbons (Fsp3) is 0.529. The molecule has 0 spiro atoms. The molecule has 5 heteroatoms. The molecule has 0 atom stereocenters. The van der Waals surface area contributed by atoms with E-state index in [2.05, 4.69) is 16.5 Å². The van der Waals surface area contributed by atoms with E-state index in [1.54, 1.807) is 17.5 Å². The molecular formula is C17H23N3OS. The Kier molecular flexibility index (Phi) is 5.27. The van der Waals surface area contributed by atoms with Crippen LogP contribution < -0.4 is 5.32 Å². The maximum absolute atomic E-state index is 12.3. The lowest BCUT2D eigenvalue weighted by molar-refractivity contribution is 0.0956. The monoisotopic (exact) mass is 317 g/mol. The first kappa shape index (κ1) is 15.3. The highest BCUT2D eigenvalue weighted by Crippen LogP contribution is 2.28. The minimum absolute atomic E-state index is 0.0808. The molecule has 3 rings (SSSR count). The van der Waals surface area contributed by atoms with Crippen LogP contribution in [0, 0.1) is 0 Å². The van der Waals surface area contributed by atoms with E-state index in [1.807, 2.05) is 16.9 Å². The van der Waals surface area contributed by atoms with Gasteiger partial charge in [-0.25, -0.2) is 0 Å². The molecule has 1 N–H and O–H groups in total. The van der Waals surface area contributed by atoms with Gasteiger partial charge in [0.25, 0.3) is 5.91 Å². The molecule has 22 heavy (non-hydrogen) atoms. The summed E-state index contributed by atoms with van der Waals surface area (Å²) in [5, 5.41) is 7.19. The lowest BCUT2D eigenvalue weighted by Crippen LogP contribution is -2.24. The van der Waals surface area contributed by atoms with Crippen molar-refractivity contribution in [2.75, 3.05) is 6.54 Å². The molecule has 118 valence electrons. The third-order valence-corrected chi connectivity index (χ3v) is 5.36. The quantitative estimate of drug-likeness (QED) is 0.859. The summed E-state index contributed by atoms with van der Waals surface area (Å²) in [7, 11) is 0. The van der Waals surface area contributed by atoms with Gasteiger partial charge in [-0.2, -0.15) is 5.10 Å². The Hall–Kier alpha value is -1.62. The zero-order chi connectivity index (χ0) is 15.2. The zero-order valence-electron chi connectivity index (χ0n) is 12.9. The van der Waals surface area contributed by atoms with Gasteiger partial charge in [-0.1, -0.05) is 12.8 Å². The van der Waals surface area contributed by atoms with Gasteiger partial charge in [0, 0.05) is 30.4 Å². The molecule has 2 heterocycles. The topological polar surface area (TPSA) is 46.9 Å². The van der Waals surface area contributed by atoms with Crippen LogP contribution in [0.15, 0.2) is 24.5 Å². The SMILES string of the molecule is O=C(NCCCn1cccn1)c1cc2c(s1)CCCCCC2. The number of rotatable bonds is 5. The Morgan fingerprint density at radius 3 is 2.95 bits per heavy atom. The number of aromatic nitrogens is 2. The molecule has 0 aliphatic heterocycles. The van der Waals surface area contributed by atoms with E-state index in [0.29, 0.717) is 6.54 Å². The van der Waals surface area contributed by atoms with Crippen molar-refractivity contribution in [2.24, 2.45) is 0 Å². The molecule has 0 unspecified atom stereocenters. The van der Waals surface area contributed by atoms with E-state index in [4.69, 9.17) is 0 Å². The van der Waals surface area contributed by atoms with Crippen molar-refractivity contribution in [3.8, 4) is 0 Å². The van der Waals surface area contributed by atoms with Crippen molar-refractivity contribution in [2.45, 2.75) is 51.5 Å². The number of hydrogen-bond acceptors (Lipinski definition) is 3. The average molecular weight is 317 g/mol. The van der Waals surface area contributed by atoms with Gasteiger partial charge >= 0.3 is 0 Å². The fourth-order valence-corrected chi connectivity index (χ4v) is 4.09. The Balaban J connectivity index is 1.50. The van der Waals surface area contributed by atoms with E-state index in [0.717, 1.165) is 30.7 Å². The van der Waals surface area contributed by atoms with Gasteiger partial charge in [0.15, 0.2) is 0 Å². The summed E-state index contributed by atoms with van der Waals surface area (Å²) in [6, 6.07) is 4.04. The normalized spacial score (nSPS) is 14.9. The number of nitrogens with zero attached hydrogens (tertiary/aromatic N) is 2. The van der Waals surface area contributed by atoms with E-state index in [-0.39, 0.29) is 5.91 Å². The predicted molar refractivity (Wildman–Crippen MR) is 89.4 cm³/mol. The highest BCUT2D eigenvalue weighted by Gasteiger charge is 2.15. The van der Waals surface area contributed by atoms with Gasteiger partial charge in [-0.3, -0.25) is 9.48 Å². The second-order valence-corrected chi connectivity index (χ2v) is 6.99. The minimum atomic E-state index is 0.0808. The smallest absolute Gasteiger partial charge is 0.261 e.